The molecule has 0 heterocycles. The van der Waals surface area contributed by atoms with E-state index in [9.17, 15) is 0 Å². The Morgan fingerprint density at radius 3 is 2.31 bits per heavy atom. The van der Waals surface area contributed by atoms with Crippen molar-refractivity contribution in [1.82, 2.24) is 5.32 Å². The molecular weight excluding hydrogens is 241 g/mol. The maximum absolute atomic E-state index is 5.98. The largest absolute Gasteiger partial charge is 0.313 e. The van der Waals surface area contributed by atoms with E-state index in [2.05, 4.69) is 11.9 Å². The third-order valence-electron chi connectivity index (χ3n) is 2.50. The van der Waals surface area contributed by atoms with E-state index in [1.54, 1.807) is 6.07 Å². The van der Waals surface area contributed by atoms with Crippen molar-refractivity contribution in [3.8, 4) is 0 Å². The summed E-state index contributed by atoms with van der Waals surface area (Å²) < 4.78 is 0. The Morgan fingerprint density at radius 2 is 1.88 bits per heavy atom. The normalized spacial score (nSPS) is 12.5. The molecule has 16 heavy (non-hydrogen) atoms. The molecule has 0 bridgehead atoms. The highest BCUT2D eigenvalue weighted by molar-refractivity contribution is 6.34. The van der Waals surface area contributed by atoms with Gasteiger partial charge in [0.1, 0.15) is 0 Å². The first kappa shape index (κ1) is 13.6. The summed E-state index contributed by atoms with van der Waals surface area (Å²) in [5.74, 6) is 0. The van der Waals surface area contributed by atoms with Gasteiger partial charge < -0.3 is 5.32 Å². The highest BCUT2D eigenvalue weighted by Gasteiger charge is 2.10. The zero-order valence-corrected chi connectivity index (χ0v) is 11.2. The van der Waals surface area contributed by atoms with E-state index in [4.69, 9.17) is 23.2 Å². The van der Waals surface area contributed by atoms with E-state index >= 15 is 0 Å². The Kier molecular flexibility index (Phi) is 5.33. The van der Waals surface area contributed by atoms with Crippen LogP contribution in [0.25, 0.3) is 0 Å². The van der Waals surface area contributed by atoms with E-state index in [-0.39, 0.29) is 6.04 Å². The second-order valence-electron chi connectivity index (χ2n) is 4.04. The van der Waals surface area contributed by atoms with Crippen LogP contribution in [-0.4, -0.2) is 7.05 Å². The lowest BCUT2D eigenvalue weighted by Gasteiger charge is -2.17. The van der Waals surface area contributed by atoms with Crippen molar-refractivity contribution in [3.05, 3.63) is 46.0 Å². The summed E-state index contributed by atoms with van der Waals surface area (Å²) >= 11 is 12.0. The smallest absolute Gasteiger partial charge is 0.0424 e. The fourth-order valence-electron chi connectivity index (χ4n) is 1.64. The van der Waals surface area contributed by atoms with Crippen LogP contribution in [0.4, 0.5) is 0 Å². The molecule has 88 valence electrons. The third-order valence-corrected chi connectivity index (χ3v) is 2.93. The van der Waals surface area contributed by atoms with Crippen molar-refractivity contribution in [2.45, 2.75) is 25.8 Å². The molecule has 1 rings (SSSR count). The van der Waals surface area contributed by atoms with E-state index in [0.717, 1.165) is 18.4 Å². The molecule has 0 aromatic heterocycles. The van der Waals surface area contributed by atoms with Crippen molar-refractivity contribution in [2.75, 3.05) is 7.05 Å². The molecule has 0 aliphatic rings. The zero-order chi connectivity index (χ0) is 12.1. The predicted octanol–water partition coefficient (Wildman–Crippen LogP) is 4.61. The lowest BCUT2D eigenvalue weighted by Crippen LogP contribution is -2.16. The lowest BCUT2D eigenvalue weighted by atomic mass is 10.0. The van der Waals surface area contributed by atoms with Crippen molar-refractivity contribution in [3.63, 3.8) is 0 Å². The second kappa shape index (κ2) is 6.29. The molecule has 0 amide bonds. The minimum absolute atomic E-state index is 0.271. The van der Waals surface area contributed by atoms with Crippen molar-refractivity contribution in [2.24, 2.45) is 0 Å². The molecule has 0 saturated heterocycles. The quantitative estimate of drug-likeness (QED) is 0.760. The van der Waals surface area contributed by atoms with Gasteiger partial charge in [-0.25, -0.2) is 0 Å². The lowest BCUT2D eigenvalue weighted by molar-refractivity contribution is 0.548. The molecule has 1 N–H and O–H groups in total. The van der Waals surface area contributed by atoms with E-state index in [1.807, 2.05) is 26.1 Å². The zero-order valence-electron chi connectivity index (χ0n) is 9.69. The van der Waals surface area contributed by atoms with Crippen LogP contribution in [0.3, 0.4) is 0 Å². The van der Waals surface area contributed by atoms with Crippen LogP contribution in [0.2, 0.25) is 10.0 Å². The van der Waals surface area contributed by atoms with Crippen LogP contribution in [-0.2, 0) is 0 Å². The summed E-state index contributed by atoms with van der Waals surface area (Å²) in [6, 6.07) is 5.92. The summed E-state index contributed by atoms with van der Waals surface area (Å²) in [5, 5.41) is 4.63. The third kappa shape index (κ3) is 4.17. The average molecular weight is 258 g/mol. The summed E-state index contributed by atoms with van der Waals surface area (Å²) in [4.78, 5) is 0. The number of hydrogen-bond acceptors (Lipinski definition) is 1. The highest BCUT2D eigenvalue weighted by Crippen LogP contribution is 2.26. The molecule has 1 aromatic rings. The first-order valence-corrected chi connectivity index (χ1v) is 6.06. The van der Waals surface area contributed by atoms with Gasteiger partial charge in [0.05, 0.1) is 0 Å². The Bertz CT molecular complexity index is 354. The van der Waals surface area contributed by atoms with Crippen LogP contribution < -0.4 is 5.32 Å². The number of allylic oxidation sites excluding steroid dienone is 1. The molecule has 3 heteroatoms. The predicted molar refractivity (Wildman–Crippen MR) is 72.3 cm³/mol. The Hall–Kier alpha value is -0.500. The van der Waals surface area contributed by atoms with Crippen LogP contribution >= 0.6 is 23.2 Å². The molecule has 0 fully saturated rings. The minimum atomic E-state index is 0.271. The first-order chi connectivity index (χ1) is 7.52. The van der Waals surface area contributed by atoms with Gasteiger partial charge in [0, 0.05) is 16.1 Å². The second-order valence-corrected chi connectivity index (χ2v) is 4.91. The van der Waals surface area contributed by atoms with E-state index in [0.29, 0.717) is 10.0 Å². The van der Waals surface area contributed by atoms with Gasteiger partial charge in [0.2, 0.25) is 0 Å². The summed E-state index contributed by atoms with van der Waals surface area (Å²) in [6.45, 7) is 5.95. The van der Waals surface area contributed by atoms with Crippen molar-refractivity contribution < 1.29 is 0 Å². The Morgan fingerprint density at radius 1 is 1.31 bits per heavy atom. The first-order valence-electron chi connectivity index (χ1n) is 5.30. The van der Waals surface area contributed by atoms with Crippen LogP contribution in [0.15, 0.2) is 30.4 Å². The standard InChI is InChI=1S/C13H17Cl2N/c1-9(2)4-5-13(16-3)10-6-11(14)8-12(15)7-10/h6-8,13,16H,1,4-5H2,2-3H3. The van der Waals surface area contributed by atoms with Gasteiger partial charge in [0.25, 0.3) is 0 Å². The monoisotopic (exact) mass is 257 g/mol. The molecule has 0 saturated carbocycles. The molecule has 1 nitrogen and oxygen atoms in total. The van der Waals surface area contributed by atoms with E-state index in [1.165, 1.54) is 5.57 Å². The molecule has 1 aromatic carbocycles. The Balaban J connectivity index is 2.81. The van der Waals surface area contributed by atoms with Gasteiger partial charge in [-0.2, -0.15) is 0 Å². The molecule has 1 atom stereocenters. The number of rotatable bonds is 5. The topological polar surface area (TPSA) is 12.0 Å². The molecule has 1 unspecified atom stereocenters. The van der Waals surface area contributed by atoms with Crippen LogP contribution in [0, 0.1) is 0 Å². The number of nitrogens with one attached hydrogen (secondary N) is 1. The van der Waals surface area contributed by atoms with Gasteiger partial charge in [-0.3, -0.25) is 0 Å². The van der Waals surface area contributed by atoms with Crippen molar-refractivity contribution >= 4 is 23.2 Å². The summed E-state index contributed by atoms with van der Waals surface area (Å²) in [5.41, 5.74) is 2.31. The highest BCUT2D eigenvalue weighted by atomic mass is 35.5. The van der Waals surface area contributed by atoms with Crippen LogP contribution in [0.1, 0.15) is 31.4 Å². The fourth-order valence-corrected chi connectivity index (χ4v) is 2.19. The molecule has 0 aliphatic carbocycles. The maximum Gasteiger partial charge on any atom is 0.0424 e. The maximum atomic E-state index is 5.98. The Labute approximate surface area is 107 Å². The molecule has 0 radical (unpaired) electrons. The number of halogens is 2. The summed E-state index contributed by atoms with van der Waals surface area (Å²) in [6.07, 6.45) is 2.00. The summed E-state index contributed by atoms with van der Waals surface area (Å²) in [7, 11) is 1.94. The number of benzene rings is 1. The van der Waals surface area contributed by atoms with Gasteiger partial charge >= 0.3 is 0 Å². The van der Waals surface area contributed by atoms with Crippen LogP contribution in [0.5, 0.6) is 0 Å². The van der Waals surface area contributed by atoms with Gasteiger partial charge in [-0.05, 0) is 50.6 Å². The minimum Gasteiger partial charge on any atom is -0.313 e. The van der Waals surface area contributed by atoms with Crippen molar-refractivity contribution in [1.29, 1.82) is 0 Å². The SMILES string of the molecule is C=C(C)CCC(NC)c1cc(Cl)cc(Cl)c1. The van der Waals surface area contributed by atoms with Gasteiger partial charge in [-0.15, -0.1) is 6.58 Å². The average Bonchev–Trinajstić information content (AvgIpc) is 2.16. The van der Waals surface area contributed by atoms with E-state index < -0.39 is 0 Å². The molecular formula is C13H17Cl2N. The molecule has 0 aliphatic heterocycles. The van der Waals surface area contributed by atoms with Gasteiger partial charge in [0.15, 0.2) is 0 Å². The number of hydrogen-bond donors (Lipinski definition) is 1. The van der Waals surface area contributed by atoms with Gasteiger partial charge in [-0.1, -0.05) is 28.8 Å². The fraction of sp³-hybridized carbons (Fsp3) is 0.385. The molecule has 0 spiro atoms.